The molecule has 0 bridgehead atoms. The molecule has 1 aliphatic rings. The minimum Gasteiger partial charge on any atom is -0.264 e. The van der Waals surface area contributed by atoms with Gasteiger partial charge in [0, 0.05) is 0 Å². The van der Waals surface area contributed by atoms with Crippen LogP contribution < -0.4 is 5.43 Å². The zero-order chi connectivity index (χ0) is 6.97. The van der Waals surface area contributed by atoms with Gasteiger partial charge in [0.25, 0.3) is 0 Å². The molecule has 0 saturated carbocycles. The Morgan fingerprint density at radius 2 is 2.40 bits per heavy atom. The average Bonchev–Trinajstić information content (AvgIpc) is 2.36. The van der Waals surface area contributed by atoms with Crippen molar-refractivity contribution in [2.75, 3.05) is 0 Å². The lowest BCUT2D eigenvalue weighted by Gasteiger charge is -1.95. The average molecular weight is 153 g/mol. The quantitative estimate of drug-likeness (QED) is 0.555. The summed E-state index contributed by atoms with van der Waals surface area (Å²) in [6.45, 7) is 0. The molecule has 0 N–H and O–H groups in total. The van der Waals surface area contributed by atoms with Gasteiger partial charge in [0.15, 0.2) is 5.82 Å². The van der Waals surface area contributed by atoms with Gasteiger partial charge in [-0.3, -0.25) is 4.79 Å². The van der Waals surface area contributed by atoms with E-state index in [1.807, 2.05) is 0 Å². The molecule has 0 aromatic carbocycles. The van der Waals surface area contributed by atoms with E-state index < -0.39 is 0 Å². The first kappa shape index (κ1) is 5.48. The van der Waals surface area contributed by atoms with Crippen molar-refractivity contribution in [1.29, 1.82) is 0 Å². The van der Waals surface area contributed by atoms with Crippen LogP contribution in [0.15, 0.2) is 15.8 Å². The van der Waals surface area contributed by atoms with Gasteiger partial charge in [-0.05, 0) is 5.22 Å². The van der Waals surface area contributed by atoms with Crippen molar-refractivity contribution in [3.63, 3.8) is 0 Å². The summed E-state index contributed by atoms with van der Waals surface area (Å²) in [5, 5.41) is 6.76. The van der Waals surface area contributed by atoms with Crippen LogP contribution in [-0.2, 0) is 0 Å². The molecule has 1 aromatic rings. The van der Waals surface area contributed by atoms with Gasteiger partial charge >= 0.3 is 5.91 Å². The first-order valence-corrected chi connectivity index (χ1v) is 3.35. The second-order valence-electron chi connectivity index (χ2n) is 1.60. The van der Waals surface area contributed by atoms with Crippen molar-refractivity contribution in [2.24, 2.45) is 10.3 Å². The SMILES string of the molecule is O=C1[N]N=Nc2ncsc21. The first-order chi connectivity index (χ1) is 4.88. The Morgan fingerprint density at radius 3 is 3.20 bits per heavy atom. The van der Waals surface area contributed by atoms with Gasteiger partial charge in [0.2, 0.25) is 0 Å². The Kier molecular flexibility index (Phi) is 1.01. The van der Waals surface area contributed by atoms with E-state index in [1.54, 1.807) is 5.51 Å². The largest absolute Gasteiger partial charge is 0.311 e. The highest BCUT2D eigenvalue weighted by Crippen LogP contribution is 2.24. The van der Waals surface area contributed by atoms with Crippen LogP contribution in [0.2, 0.25) is 0 Å². The summed E-state index contributed by atoms with van der Waals surface area (Å²) in [5.74, 6) is 0.0255. The van der Waals surface area contributed by atoms with E-state index in [2.05, 4.69) is 20.7 Å². The third-order valence-corrected chi connectivity index (χ3v) is 1.82. The Balaban J connectivity index is 2.62. The number of carbonyl (C=O) groups is 1. The Labute approximate surface area is 59.8 Å². The summed E-state index contributed by atoms with van der Waals surface area (Å²) in [4.78, 5) is 15.0. The minimum absolute atomic E-state index is 0.354. The van der Waals surface area contributed by atoms with E-state index in [0.717, 1.165) is 0 Å². The summed E-state index contributed by atoms with van der Waals surface area (Å²) >= 11 is 1.23. The summed E-state index contributed by atoms with van der Waals surface area (Å²) in [6.07, 6.45) is 0. The van der Waals surface area contributed by atoms with E-state index in [4.69, 9.17) is 0 Å². The highest BCUT2D eigenvalue weighted by Gasteiger charge is 2.19. The lowest BCUT2D eigenvalue weighted by molar-refractivity contribution is 0.0947. The highest BCUT2D eigenvalue weighted by molar-refractivity contribution is 7.12. The lowest BCUT2D eigenvalue weighted by Crippen LogP contribution is -2.10. The van der Waals surface area contributed by atoms with Crippen LogP contribution in [0.4, 0.5) is 5.82 Å². The van der Waals surface area contributed by atoms with Crippen molar-refractivity contribution in [3.05, 3.63) is 10.4 Å². The van der Waals surface area contributed by atoms with Crippen LogP contribution in [0.1, 0.15) is 9.67 Å². The van der Waals surface area contributed by atoms with E-state index in [1.165, 1.54) is 11.3 Å². The predicted octanol–water partition coefficient (Wildman–Crippen LogP) is 0.900. The van der Waals surface area contributed by atoms with Gasteiger partial charge in [-0.25, -0.2) is 4.98 Å². The van der Waals surface area contributed by atoms with Crippen molar-refractivity contribution < 1.29 is 4.79 Å². The fraction of sp³-hybridized carbons (Fsp3) is 0. The molecular formula is C4HN4OS. The molecule has 0 spiro atoms. The standard InChI is InChI=1S/C4HN4OS/c9-4-2-3(5-1-10-2)6-8-7-4/h1H. The minimum atomic E-state index is -0.354. The molecule has 0 saturated heterocycles. The van der Waals surface area contributed by atoms with Gasteiger partial charge in [-0.2, -0.15) is 0 Å². The second-order valence-corrected chi connectivity index (χ2v) is 2.45. The lowest BCUT2D eigenvalue weighted by atomic mass is 10.5. The topological polar surface area (TPSA) is 68.8 Å². The maximum Gasteiger partial charge on any atom is 0.311 e. The van der Waals surface area contributed by atoms with Crippen LogP contribution in [-0.4, -0.2) is 10.9 Å². The van der Waals surface area contributed by atoms with E-state index in [9.17, 15) is 4.79 Å². The monoisotopic (exact) mass is 153 g/mol. The number of hydrogen-bond donors (Lipinski definition) is 0. The summed E-state index contributed by atoms with van der Waals surface area (Å²) in [7, 11) is 0. The fourth-order valence-corrected chi connectivity index (χ4v) is 1.21. The van der Waals surface area contributed by atoms with Crippen LogP contribution in [0.25, 0.3) is 0 Å². The molecule has 5 nitrogen and oxygen atoms in total. The van der Waals surface area contributed by atoms with Crippen molar-refractivity contribution >= 4 is 23.1 Å². The van der Waals surface area contributed by atoms with Crippen LogP contribution in [0.3, 0.4) is 0 Å². The number of thiazole rings is 1. The van der Waals surface area contributed by atoms with E-state index >= 15 is 0 Å². The number of hydrogen-bond acceptors (Lipinski definition) is 5. The molecule has 2 rings (SSSR count). The molecule has 1 aliphatic heterocycles. The maximum atomic E-state index is 10.8. The van der Waals surface area contributed by atoms with Crippen molar-refractivity contribution in [3.8, 4) is 0 Å². The number of amides is 1. The van der Waals surface area contributed by atoms with Gasteiger partial charge in [0.1, 0.15) is 4.88 Å². The van der Waals surface area contributed by atoms with Gasteiger partial charge in [-0.1, -0.05) is 5.43 Å². The molecule has 10 heavy (non-hydrogen) atoms. The van der Waals surface area contributed by atoms with Crippen molar-refractivity contribution in [1.82, 2.24) is 10.4 Å². The number of carbonyl (C=O) groups excluding carboxylic acids is 1. The summed E-state index contributed by atoms with van der Waals surface area (Å²) in [5.41, 5.74) is 4.78. The molecule has 0 aliphatic carbocycles. The Morgan fingerprint density at radius 1 is 1.50 bits per heavy atom. The molecule has 6 heteroatoms. The molecule has 1 radical (unpaired) electrons. The van der Waals surface area contributed by atoms with E-state index in [-0.39, 0.29) is 5.91 Å². The fourth-order valence-electron chi connectivity index (χ4n) is 0.608. The number of aromatic nitrogens is 1. The van der Waals surface area contributed by atoms with Crippen LogP contribution in [0.5, 0.6) is 0 Å². The normalized spacial score (nSPS) is 14.6. The zero-order valence-electron chi connectivity index (χ0n) is 4.68. The van der Waals surface area contributed by atoms with E-state index in [0.29, 0.717) is 10.7 Å². The maximum absolute atomic E-state index is 10.8. The predicted molar refractivity (Wildman–Crippen MR) is 33.1 cm³/mol. The number of fused-ring (bicyclic) bond motifs is 1. The molecule has 49 valence electrons. The number of rotatable bonds is 0. The second kappa shape index (κ2) is 1.84. The van der Waals surface area contributed by atoms with Crippen LogP contribution >= 0.6 is 11.3 Å². The molecule has 0 atom stereocenters. The molecule has 1 amide bonds. The molecule has 1 aromatic heterocycles. The number of nitrogens with zero attached hydrogens (tertiary/aromatic N) is 4. The van der Waals surface area contributed by atoms with Crippen molar-refractivity contribution in [2.45, 2.75) is 0 Å². The van der Waals surface area contributed by atoms with Gasteiger partial charge < -0.3 is 0 Å². The molecule has 2 heterocycles. The van der Waals surface area contributed by atoms with Gasteiger partial charge in [-0.15, -0.1) is 16.5 Å². The Bertz CT molecular complexity index is 304. The van der Waals surface area contributed by atoms with Gasteiger partial charge in [0.05, 0.1) is 5.51 Å². The molecular weight excluding hydrogens is 152 g/mol. The smallest absolute Gasteiger partial charge is 0.264 e. The zero-order valence-corrected chi connectivity index (χ0v) is 5.50. The third-order valence-electron chi connectivity index (χ3n) is 1.02. The molecule has 0 fully saturated rings. The van der Waals surface area contributed by atoms with Crippen LogP contribution in [0, 0.1) is 0 Å². The highest BCUT2D eigenvalue weighted by atomic mass is 32.1. The summed E-state index contributed by atoms with van der Waals surface area (Å²) < 4.78 is 0. The Hall–Kier alpha value is -1.30. The first-order valence-electron chi connectivity index (χ1n) is 2.47. The summed E-state index contributed by atoms with van der Waals surface area (Å²) in [6, 6.07) is 0. The molecule has 0 unspecified atom stereocenters. The third kappa shape index (κ3) is 0.623.